The Morgan fingerprint density at radius 3 is 2.80 bits per heavy atom. The third-order valence-corrected chi connectivity index (χ3v) is 5.38. The van der Waals surface area contributed by atoms with Gasteiger partial charge in [-0.3, -0.25) is 9.67 Å². The number of aryl methyl sites for hydroxylation is 3. The van der Waals surface area contributed by atoms with E-state index in [0.717, 1.165) is 33.3 Å². The Morgan fingerprint density at radius 2 is 2.07 bits per heavy atom. The molecule has 0 aliphatic carbocycles. The van der Waals surface area contributed by atoms with E-state index in [1.54, 1.807) is 6.20 Å². The lowest BCUT2D eigenvalue weighted by Crippen LogP contribution is -2.45. The fourth-order valence-corrected chi connectivity index (χ4v) is 4.15. The molecule has 4 rings (SSSR count). The second kappa shape index (κ2) is 8.44. The Bertz CT molecular complexity index is 1080. The number of fused-ring (bicyclic) bond motifs is 1. The molecule has 7 heteroatoms. The van der Waals surface area contributed by atoms with E-state index in [2.05, 4.69) is 41.0 Å². The standard InChI is InChI=1S/C23H28N4O3/c1-5-29-23(28)20-11-24-21-17(4)8-15(2)9-19(21)22(20)26-6-7-30-18(13-26)14-27-12-16(3)10-25-27/h8-12,18H,5-7,13-14H2,1-4H3/t18-/m0/s1. The molecule has 2 aromatic heterocycles. The van der Waals surface area contributed by atoms with Gasteiger partial charge in [0.25, 0.3) is 0 Å². The summed E-state index contributed by atoms with van der Waals surface area (Å²) in [6.07, 6.45) is 5.49. The highest BCUT2D eigenvalue weighted by atomic mass is 16.5. The summed E-state index contributed by atoms with van der Waals surface area (Å²) >= 11 is 0. The first-order valence-corrected chi connectivity index (χ1v) is 10.4. The Kier molecular flexibility index (Phi) is 5.72. The van der Waals surface area contributed by atoms with Gasteiger partial charge in [0.2, 0.25) is 0 Å². The van der Waals surface area contributed by atoms with Crippen LogP contribution in [0.25, 0.3) is 10.9 Å². The van der Waals surface area contributed by atoms with E-state index in [0.29, 0.717) is 38.4 Å². The molecular weight excluding hydrogens is 380 g/mol. The van der Waals surface area contributed by atoms with Gasteiger partial charge in [0, 0.05) is 30.9 Å². The first kappa shape index (κ1) is 20.3. The van der Waals surface area contributed by atoms with E-state index in [9.17, 15) is 4.79 Å². The van der Waals surface area contributed by atoms with Crippen molar-refractivity contribution in [2.24, 2.45) is 0 Å². The summed E-state index contributed by atoms with van der Waals surface area (Å²) in [6, 6.07) is 4.22. The van der Waals surface area contributed by atoms with Crippen molar-refractivity contribution in [3.63, 3.8) is 0 Å². The van der Waals surface area contributed by atoms with E-state index >= 15 is 0 Å². The molecule has 1 aliphatic heterocycles. The number of hydrogen-bond donors (Lipinski definition) is 0. The minimum atomic E-state index is -0.341. The summed E-state index contributed by atoms with van der Waals surface area (Å²) in [4.78, 5) is 19.6. The monoisotopic (exact) mass is 408 g/mol. The lowest BCUT2D eigenvalue weighted by atomic mass is 10.0. The van der Waals surface area contributed by atoms with Crippen LogP contribution in [0, 0.1) is 20.8 Å². The molecule has 30 heavy (non-hydrogen) atoms. The summed E-state index contributed by atoms with van der Waals surface area (Å²) in [7, 11) is 0. The molecule has 0 bridgehead atoms. The van der Waals surface area contributed by atoms with Crippen molar-refractivity contribution in [3.05, 3.63) is 53.0 Å². The predicted molar refractivity (Wildman–Crippen MR) is 116 cm³/mol. The van der Waals surface area contributed by atoms with Crippen molar-refractivity contribution in [1.82, 2.24) is 14.8 Å². The van der Waals surface area contributed by atoms with Crippen LogP contribution in [0.1, 0.15) is 34.0 Å². The van der Waals surface area contributed by atoms with Crippen molar-refractivity contribution in [3.8, 4) is 0 Å². The van der Waals surface area contributed by atoms with Crippen LogP contribution < -0.4 is 4.90 Å². The number of anilines is 1. The number of hydrogen-bond acceptors (Lipinski definition) is 6. The number of pyridine rings is 1. The van der Waals surface area contributed by atoms with Gasteiger partial charge in [0.05, 0.1) is 43.3 Å². The highest BCUT2D eigenvalue weighted by Crippen LogP contribution is 2.34. The van der Waals surface area contributed by atoms with Gasteiger partial charge >= 0.3 is 5.97 Å². The quantitative estimate of drug-likeness (QED) is 0.603. The molecule has 1 aromatic carbocycles. The van der Waals surface area contributed by atoms with E-state index in [4.69, 9.17) is 9.47 Å². The number of morpholine rings is 1. The van der Waals surface area contributed by atoms with E-state index in [1.807, 2.05) is 30.9 Å². The fraction of sp³-hybridized carbons (Fsp3) is 0.435. The third kappa shape index (κ3) is 4.03. The zero-order valence-corrected chi connectivity index (χ0v) is 18.0. The zero-order chi connectivity index (χ0) is 21.3. The lowest BCUT2D eigenvalue weighted by molar-refractivity contribution is 0.0272. The summed E-state index contributed by atoms with van der Waals surface area (Å²) < 4.78 is 13.3. The number of esters is 1. The lowest BCUT2D eigenvalue weighted by Gasteiger charge is -2.36. The minimum absolute atomic E-state index is 0.0257. The summed E-state index contributed by atoms with van der Waals surface area (Å²) in [5, 5.41) is 5.37. The van der Waals surface area contributed by atoms with Crippen LogP contribution in [0.2, 0.25) is 0 Å². The zero-order valence-electron chi connectivity index (χ0n) is 18.0. The van der Waals surface area contributed by atoms with Crippen molar-refractivity contribution in [1.29, 1.82) is 0 Å². The molecule has 0 radical (unpaired) electrons. The SMILES string of the molecule is CCOC(=O)c1cnc2c(C)cc(C)cc2c1N1CCO[C@H](Cn2cc(C)cn2)C1. The topological polar surface area (TPSA) is 69.5 Å². The molecule has 1 aliphatic rings. The largest absolute Gasteiger partial charge is 0.462 e. The molecule has 0 unspecified atom stereocenters. The van der Waals surface area contributed by atoms with Gasteiger partial charge in [-0.15, -0.1) is 0 Å². The van der Waals surface area contributed by atoms with E-state index in [-0.39, 0.29) is 12.1 Å². The normalized spacial score (nSPS) is 16.8. The van der Waals surface area contributed by atoms with Crippen LogP contribution in [0.3, 0.4) is 0 Å². The molecule has 1 fully saturated rings. The van der Waals surface area contributed by atoms with E-state index < -0.39 is 0 Å². The Labute approximate surface area is 176 Å². The van der Waals surface area contributed by atoms with Gasteiger partial charge in [0.1, 0.15) is 5.56 Å². The number of ether oxygens (including phenoxy) is 2. The number of nitrogens with zero attached hydrogens (tertiary/aromatic N) is 4. The average molecular weight is 409 g/mol. The Morgan fingerprint density at radius 1 is 1.23 bits per heavy atom. The first-order valence-electron chi connectivity index (χ1n) is 10.4. The number of rotatable bonds is 5. The van der Waals surface area contributed by atoms with E-state index in [1.165, 1.54) is 0 Å². The van der Waals surface area contributed by atoms with Crippen LogP contribution in [0.5, 0.6) is 0 Å². The summed E-state index contributed by atoms with van der Waals surface area (Å²) in [5.41, 5.74) is 5.66. The van der Waals surface area contributed by atoms with Crippen molar-refractivity contribution < 1.29 is 14.3 Å². The van der Waals surface area contributed by atoms with Crippen LogP contribution in [0.15, 0.2) is 30.7 Å². The van der Waals surface area contributed by atoms with Crippen molar-refractivity contribution in [2.45, 2.75) is 40.3 Å². The molecule has 0 amide bonds. The maximum absolute atomic E-state index is 12.8. The van der Waals surface area contributed by atoms with Gasteiger partial charge in [0.15, 0.2) is 0 Å². The smallest absolute Gasteiger partial charge is 0.341 e. The minimum Gasteiger partial charge on any atom is -0.462 e. The molecule has 1 atom stereocenters. The fourth-order valence-electron chi connectivity index (χ4n) is 4.15. The number of benzene rings is 1. The second-order valence-electron chi connectivity index (χ2n) is 7.90. The number of carbonyl (C=O) groups excluding carboxylic acids is 1. The van der Waals surface area contributed by atoms with Crippen LogP contribution in [-0.2, 0) is 16.0 Å². The molecule has 7 nitrogen and oxygen atoms in total. The Hall–Kier alpha value is -2.93. The van der Waals surface area contributed by atoms with Crippen LogP contribution >= 0.6 is 0 Å². The van der Waals surface area contributed by atoms with Gasteiger partial charge in [-0.2, -0.15) is 5.10 Å². The highest BCUT2D eigenvalue weighted by molar-refractivity contribution is 6.06. The maximum Gasteiger partial charge on any atom is 0.341 e. The predicted octanol–water partition coefficient (Wildman–Crippen LogP) is 3.44. The van der Waals surface area contributed by atoms with Gasteiger partial charge in [-0.25, -0.2) is 4.79 Å². The number of aromatic nitrogens is 3. The van der Waals surface area contributed by atoms with Crippen molar-refractivity contribution >= 4 is 22.6 Å². The summed E-state index contributed by atoms with van der Waals surface area (Å²) in [6.45, 7) is 10.9. The average Bonchev–Trinajstić information content (AvgIpc) is 3.12. The number of carbonyl (C=O) groups is 1. The van der Waals surface area contributed by atoms with Crippen LogP contribution in [0.4, 0.5) is 5.69 Å². The van der Waals surface area contributed by atoms with Crippen molar-refractivity contribution in [2.75, 3.05) is 31.2 Å². The summed E-state index contributed by atoms with van der Waals surface area (Å²) in [5.74, 6) is -0.341. The molecule has 0 saturated carbocycles. The maximum atomic E-state index is 12.8. The molecule has 3 heterocycles. The molecule has 0 spiro atoms. The van der Waals surface area contributed by atoms with Gasteiger partial charge < -0.3 is 14.4 Å². The molecule has 1 saturated heterocycles. The Balaban J connectivity index is 1.74. The van der Waals surface area contributed by atoms with Gasteiger partial charge in [-0.1, -0.05) is 11.6 Å². The highest BCUT2D eigenvalue weighted by Gasteiger charge is 2.27. The molecule has 158 valence electrons. The second-order valence-corrected chi connectivity index (χ2v) is 7.90. The molecular formula is C23H28N4O3. The molecule has 3 aromatic rings. The van der Waals surface area contributed by atoms with Crippen LogP contribution in [-0.4, -0.2) is 53.1 Å². The third-order valence-electron chi connectivity index (χ3n) is 5.38. The molecule has 0 N–H and O–H groups in total. The first-order chi connectivity index (χ1) is 14.5. The van der Waals surface area contributed by atoms with Gasteiger partial charge in [-0.05, 0) is 44.9 Å².